The molecule has 9 heteroatoms. The summed E-state index contributed by atoms with van der Waals surface area (Å²) < 4.78 is 68.8. The van der Waals surface area contributed by atoms with Crippen molar-refractivity contribution in [2.45, 2.75) is 50.9 Å². The molecule has 1 unspecified atom stereocenters. The zero-order chi connectivity index (χ0) is 25.8. The third-order valence-corrected chi connectivity index (χ3v) is 6.86. The Morgan fingerprint density at radius 3 is 2.20 bits per heavy atom. The van der Waals surface area contributed by atoms with Crippen LogP contribution in [0.1, 0.15) is 47.3 Å². The maximum Gasteiger partial charge on any atom is 0.416 e. The second kappa shape index (κ2) is 10.5. The van der Waals surface area contributed by atoms with Gasteiger partial charge in [-0.25, -0.2) is 0 Å². The molecule has 0 heterocycles. The number of aryl methyl sites for hydroxylation is 1. The van der Waals surface area contributed by atoms with Gasteiger partial charge in [-0.3, -0.25) is 4.79 Å². The maximum atomic E-state index is 13.1. The fourth-order valence-electron chi connectivity index (χ4n) is 3.36. The van der Waals surface area contributed by atoms with Crippen LogP contribution in [0.25, 0.3) is 0 Å². The Hall–Kier alpha value is -3.33. The second-order valence-corrected chi connectivity index (χ2v) is 9.81. The van der Waals surface area contributed by atoms with Gasteiger partial charge in [0.1, 0.15) is 10.6 Å². The number of hydrogen-bond donors (Lipinski definition) is 0. The lowest BCUT2D eigenvalue weighted by Crippen LogP contribution is -2.37. The van der Waals surface area contributed by atoms with Gasteiger partial charge in [-0.05, 0) is 68.3 Å². The van der Waals surface area contributed by atoms with Gasteiger partial charge in [0, 0.05) is 18.2 Å². The number of carbonyl (C=O) groups is 1. The molecule has 0 saturated heterocycles. The van der Waals surface area contributed by atoms with Crippen LogP contribution in [0.2, 0.25) is 0 Å². The summed E-state index contributed by atoms with van der Waals surface area (Å²) in [5.74, 6) is -0.169. The number of carbonyl (C=O) groups excluding carboxylic acids is 1. The molecule has 186 valence electrons. The molecule has 1 amide bonds. The van der Waals surface area contributed by atoms with E-state index in [1.165, 1.54) is 12.1 Å². The van der Waals surface area contributed by atoms with Gasteiger partial charge in [-0.15, -0.1) is 0 Å². The van der Waals surface area contributed by atoms with Gasteiger partial charge in [-0.2, -0.15) is 21.6 Å². The number of benzene rings is 3. The van der Waals surface area contributed by atoms with Crippen molar-refractivity contribution in [3.8, 4) is 5.75 Å². The smallest absolute Gasteiger partial charge is 0.379 e. The highest BCUT2D eigenvalue weighted by Gasteiger charge is 2.32. The third-order valence-electron chi connectivity index (χ3n) is 5.61. The summed E-state index contributed by atoms with van der Waals surface area (Å²) in [5, 5.41) is 0. The Morgan fingerprint density at radius 1 is 1.00 bits per heavy atom. The van der Waals surface area contributed by atoms with Crippen LogP contribution in [0.3, 0.4) is 0 Å². The molecule has 0 bridgehead atoms. The molecule has 1 atom stereocenters. The first-order chi connectivity index (χ1) is 16.4. The topological polar surface area (TPSA) is 63.7 Å². The molecule has 0 aliphatic rings. The number of alkyl halides is 3. The highest BCUT2D eigenvalue weighted by atomic mass is 32.2. The molecular weight excluding hydrogens is 479 g/mol. The van der Waals surface area contributed by atoms with Crippen molar-refractivity contribution in [2.75, 3.05) is 0 Å². The molecule has 0 aliphatic carbocycles. The Balaban J connectivity index is 1.77. The number of nitrogens with zero attached hydrogens (tertiary/aromatic N) is 1. The first-order valence-corrected chi connectivity index (χ1v) is 12.4. The van der Waals surface area contributed by atoms with Crippen molar-refractivity contribution in [1.29, 1.82) is 0 Å². The fraction of sp³-hybridized carbons (Fsp3) is 0.269. The minimum absolute atomic E-state index is 0.0407. The minimum Gasteiger partial charge on any atom is -0.379 e. The molecule has 0 radical (unpaired) electrons. The molecule has 0 saturated carbocycles. The monoisotopic (exact) mass is 505 g/mol. The Kier molecular flexibility index (Phi) is 7.90. The van der Waals surface area contributed by atoms with Crippen molar-refractivity contribution in [3.05, 3.63) is 95.1 Å². The highest BCUT2D eigenvalue weighted by Crippen LogP contribution is 2.31. The zero-order valence-electron chi connectivity index (χ0n) is 19.5. The third kappa shape index (κ3) is 6.63. The van der Waals surface area contributed by atoms with Crippen molar-refractivity contribution in [3.63, 3.8) is 0 Å². The molecule has 3 aromatic rings. The van der Waals surface area contributed by atoms with Crippen molar-refractivity contribution in [2.24, 2.45) is 0 Å². The summed E-state index contributed by atoms with van der Waals surface area (Å²) in [4.78, 5) is 14.3. The maximum absolute atomic E-state index is 13.1. The standard InChI is InChI=1S/C26H26F3NO4S/c1-4-19(3)30(25(31)21-12-8-18(2)9-13-21)17-20-10-14-23(15-11-20)34-35(32,33)24-7-5-6-22(16-24)26(27,28)29/h5-16,19H,4,17H2,1-3H3. The van der Waals surface area contributed by atoms with Crippen molar-refractivity contribution in [1.82, 2.24) is 4.90 Å². The van der Waals surface area contributed by atoms with Crippen molar-refractivity contribution < 1.29 is 30.6 Å². The quantitative estimate of drug-likeness (QED) is 0.341. The predicted octanol–water partition coefficient (Wildman–Crippen LogP) is 6.22. The van der Waals surface area contributed by atoms with E-state index in [2.05, 4.69) is 0 Å². The van der Waals surface area contributed by atoms with Crippen LogP contribution in [0.15, 0.2) is 77.7 Å². The molecule has 3 rings (SSSR count). The van der Waals surface area contributed by atoms with E-state index in [0.29, 0.717) is 18.2 Å². The molecule has 0 spiro atoms. The van der Waals surface area contributed by atoms with Crippen LogP contribution in [0.5, 0.6) is 5.75 Å². The van der Waals surface area contributed by atoms with E-state index in [9.17, 15) is 26.4 Å². The summed E-state index contributed by atoms with van der Waals surface area (Å²) in [7, 11) is -4.47. The van der Waals surface area contributed by atoms with Crippen LogP contribution in [-0.4, -0.2) is 25.3 Å². The molecule has 5 nitrogen and oxygen atoms in total. The van der Waals surface area contributed by atoms with Crippen LogP contribution in [0.4, 0.5) is 13.2 Å². The predicted molar refractivity (Wildman–Crippen MR) is 127 cm³/mol. The Bertz CT molecular complexity index is 1270. The molecular formula is C26H26F3NO4S. The van der Waals surface area contributed by atoms with E-state index >= 15 is 0 Å². The van der Waals surface area contributed by atoms with Crippen LogP contribution < -0.4 is 4.18 Å². The van der Waals surface area contributed by atoms with Gasteiger partial charge < -0.3 is 9.08 Å². The van der Waals surface area contributed by atoms with E-state index in [0.717, 1.165) is 35.7 Å². The van der Waals surface area contributed by atoms with E-state index in [4.69, 9.17) is 4.18 Å². The number of amides is 1. The largest absolute Gasteiger partial charge is 0.416 e. The second-order valence-electron chi connectivity index (χ2n) is 8.26. The van der Waals surface area contributed by atoms with Crippen molar-refractivity contribution >= 4 is 16.0 Å². The normalized spacial score (nSPS) is 12.7. The Labute approximate surface area is 203 Å². The van der Waals surface area contributed by atoms with E-state index in [-0.39, 0.29) is 17.7 Å². The average Bonchev–Trinajstić information content (AvgIpc) is 2.82. The van der Waals surface area contributed by atoms with E-state index < -0.39 is 26.8 Å². The van der Waals surface area contributed by atoms with Gasteiger partial charge in [-0.1, -0.05) is 42.8 Å². The van der Waals surface area contributed by atoms with Gasteiger partial charge >= 0.3 is 16.3 Å². The van der Waals surface area contributed by atoms with Crippen LogP contribution in [0, 0.1) is 6.92 Å². The molecule has 0 N–H and O–H groups in total. The summed E-state index contributed by atoms with van der Waals surface area (Å²) in [6.45, 7) is 6.17. The number of rotatable bonds is 8. The van der Waals surface area contributed by atoms with E-state index in [1.54, 1.807) is 29.2 Å². The molecule has 35 heavy (non-hydrogen) atoms. The van der Waals surface area contributed by atoms with Crippen LogP contribution in [-0.2, 0) is 22.8 Å². The lowest BCUT2D eigenvalue weighted by Gasteiger charge is -2.29. The molecule has 0 fully saturated rings. The first-order valence-electron chi connectivity index (χ1n) is 11.0. The van der Waals surface area contributed by atoms with Gasteiger partial charge in [0.15, 0.2) is 0 Å². The summed E-state index contributed by atoms with van der Waals surface area (Å²) in [5.41, 5.74) is 1.28. The lowest BCUT2D eigenvalue weighted by molar-refractivity contribution is -0.137. The molecule has 3 aromatic carbocycles. The van der Waals surface area contributed by atoms with Gasteiger partial charge in [0.2, 0.25) is 0 Å². The molecule has 0 aromatic heterocycles. The highest BCUT2D eigenvalue weighted by molar-refractivity contribution is 7.87. The lowest BCUT2D eigenvalue weighted by atomic mass is 10.1. The van der Waals surface area contributed by atoms with Gasteiger partial charge in [0.05, 0.1) is 5.56 Å². The number of hydrogen-bond acceptors (Lipinski definition) is 4. The summed E-state index contributed by atoms with van der Waals surface area (Å²) in [6, 6.07) is 16.7. The summed E-state index contributed by atoms with van der Waals surface area (Å²) >= 11 is 0. The first kappa shape index (κ1) is 26.3. The zero-order valence-corrected chi connectivity index (χ0v) is 20.4. The average molecular weight is 506 g/mol. The van der Waals surface area contributed by atoms with E-state index in [1.807, 2.05) is 32.9 Å². The Morgan fingerprint density at radius 2 is 1.63 bits per heavy atom. The SMILES string of the molecule is CCC(C)N(Cc1ccc(OS(=O)(=O)c2cccc(C(F)(F)F)c2)cc1)C(=O)c1ccc(C)cc1. The fourth-order valence-corrected chi connectivity index (χ4v) is 4.34. The van der Waals surface area contributed by atoms with Gasteiger partial charge in [0.25, 0.3) is 5.91 Å². The minimum atomic E-state index is -4.68. The van der Waals surface area contributed by atoms with Crippen LogP contribution >= 0.6 is 0 Å². The molecule has 0 aliphatic heterocycles. The number of halogens is 3. The summed E-state index contributed by atoms with van der Waals surface area (Å²) in [6.07, 6.45) is -3.93.